The molecule has 2 aromatic carbocycles. The zero-order valence-corrected chi connectivity index (χ0v) is 18.3. The van der Waals surface area contributed by atoms with Crippen molar-refractivity contribution in [1.29, 1.82) is 0 Å². The zero-order chi connectivity index (χ0) is 23.1. The van der Waals surface area contributed by atoms with Gasteiger partial charge < -0.3 is 25.4 Å². The van der Waals surface area contributed by atoms with E-state index in [1.807, 2.05) is 30.3 Å². The lowest BCUT2D eigenvalue weighted by Crippen LogP contribution is -2.53. The number of urea groups is 1. The van der Waals surface area contributed by atoms with Crippen LogP contribution in [0.1, 0.15) is 24.1 Å². The molecule has 3 rings (SSSR count). The molecule has 1 saturated heterocycles. The number of ether oxygens (including phenoxy) is 2. The second kappa shape index (κ2) is 10.7. The molecule has 0 unspecified atom stereocenters. The molecule has 3 amide bonds. The maximum Gasteiger partial charge on any atom is 0.344 e. The number of hydrogen-bond donors (Lipinski definition) is 3. The van der Waals surface area contributed by atoms with Crippen molar-refractivity contribution >= 4 is 29.5 Å². The molecule has 1 heterocycles. The van der Waals surface area contributed by atoms with Crippen LogP contribution < -0.4 is 20.7 Å². The van der Waals surface area contributed by atoms with Crippen molar-refractivity contribution in [3.63, 3.8) is 0 Å². The van der Waals surface area contributed by atoms with Crippen LogP contribution in [0, 0.1) is 5.92 Å². The summed E-state index contributed by atoms with van der Waals surface area (Å²) in [6, 6.07) is 12.9. The van der Waals surface area contributed by atoms with E-state index in [1.165, 1.54) is 0 Å². The molecule has 1 aliphatic rings. The second-order valence-electron chi connectivity index (χ2n) is 7.06. The van der Waals surface area contributed by atoms with Crippen molar-refractivity contribution in [3.05, 3.63) is 77.0 Å². The van der Waals surface area contributed by atoms with Crippen molar-refractivity contribution in [2.24, 2.45) is 5.92 Å². The minimum absolute atomic E-state index is 0.226. The van der Waals surface area contributed by atoms with Crippen LogP contribution in [0.4, 0.5) is 4.79 Å². The molecule has 3 N–H and O–H groups in total. The van der Waals surface area contributed by atoms with Crippen LogP contribution in [0.5, 0.6) is 5.75 Å². The Bertz CT molecular complexity index is 1010. The van der Waals surface area contributed by atoms with Gasteiger partial charge in [-0.25, -0.2) is 9.59 Å². The summed E-state index contributed by atoms with van der Waals surface area (Å²) in [6.07, 6.45) is 0. The quantitative estimate of drug-likeness (QED) is 0.528. The second-order valence-corrected chi connectivity index (χ2v) is 7.49. The van der Waals surface area contributed by atoms with Crippen LogP contribution in [-0.2, 0) is 20.9 Å². The Hall–Kier alpha value is -3.52. The van der Waals surface area contributed by atoms with Crippen molar-refractivity contribution in [3.8, 4) is 5.75 Å². The number of benzene rings is 2. The predicted octanol–water partition coefficient (Wildman–Crippen LogP) is 3.08. The van der Waals surface area contributed by atoms with Gasteiger partial charge >= 0.3 is 12.0 Å². The Kier molecular flexibility index (Phi) is 7.72. The first kappa shape index (κ1) is 23.1. The molecule has 1 fully saturated rings. The van der Waals surface area contributed by atoms with E-state index in [1.54, 1.807) is 25.1 Å². The summed E-state index contributed by atoms with van der Waals surface area (Å²) in [5.41, 5.74) is 1.61. The van der Waals surface area contributed by atoms with Crippen molar-refractivity contribution in [2.45, 2.75) is 19.5 Å². The van der Waals surface area contributed by atoms with Gasteiger partial charge in [-0.15, -0.1) is 0 Å². The van der Waals surface area contributed by atoms with Crippen molar-refractivity contribution < 1.29 is 23.9 Å². The lowest BCUT2D eigenvalue weighted by molar-refractivity contribution is -0.145. The fourth-order valence-corrected chi connectivity index (χ4v) is 3.56. The van der Waals surface area contributed by atoms with Crippen molar-refractivity contribution in [2.75, 3.05) is 13.2 Å². The number of rotatable bonds is 8. The highest BCUT2D eigenvalue weighted by molar-refractivity contribution is 6.30. The van der Waals surface area contributed by atoms with Crippen LogP contribution in [-0.4, -0.2) is 31.1 Å². The Labute approximate surface area is 190 Å². The average molecular weight is 458 g/mol. The van der Waals surface area contributed by atoms with E-state index in [2.05, 4.69) is 22.5 Å². The highest BCUT2D eigenvalue weighted by Gasteiger charge is 2.39. The lowest BCUT2D eigenvalue weighted by atomic mass is 9.87. The van der Waals surface area contributed by atoms with E-state index < -0.39 is 24.0 Å². The van der Waals surface area contributed by atoms with E-state index in [4.69, 9.17) is 21.1 Å². The fraction of sp³-hybridized carbons (Fsp3) is 0.261. The number of amides is 3. The number of carbonyl (C=O) groups excluding carboxylic acids is 3. The van der Waals surface area contributed by atoms with Gasteiger partial charge in [0.25, 0.3) is 0 Å². The molecule has 0 spiro atoms. The predicted molar refractivity (Wildman–Crippen MR) is 119 cm³/mol. The molecule has 1 aliphatic heterocycles. The van der Waals surface area contributed by atoms with Gasteiger partial charge in [-0.05, 0) is 30.7 Å². The van der Waals surface area contributed by atoms with Gasteiger partial charge in [0.15, 0.2) is 6.61 Å². The summed E-state index contributed by atoms with van der Waals surface area (Å²) in [5.74, 6) is -1.43. The zero-order valence-electron chi connectivity index (χ0n) is 17.5. The maximum atomic E-state index is 13.1. The molecule has 2 atom stereocenters. The van der Waals surface area contributed by atoms with E-state index in [0.717, 1.165) is 5.56 Å². The molecule has 0 radical (unpaired) electrons. The third-order valence-corrected chi connectivity index (χ3v) is 5.05. The molecule has 9 heteroatoms. The number of hydrogen-bond acceptors (Lipinski definition) is 5. The first-order valence-corrected chi connectivity index (χ1v) is 10.4. The van der Waals surface area contributed by atoms with E-state index in [-0.39, 0.29) is 24.8 Å². The lowest BCUT2D eigenvalue weighted by Gasteiger charge is -2.34. The SMILES string of the molecule is C=C1NC(=O)N[C@@H](c2cc(Cl)ccc2OCC(=O)OCC)[C@@H]1C(=O)NCc1ccccc1. The van der Waals surface area contributed by atoms with E-state index in [0.29, 0.717) is 22.9 Å². The van der Waals surface area contributed by atoms with Gasteiger partial charge in [0, 0.05) is 22.8 Å². The normalized spacial score (nSPS) is 17.7. The Morgan fingerprint density at radius 2 is 1.94 bits per heavy atom. The Balaban J connectivity index is 1.86. The van der Waals surface area contributed by atoms with Gasteiger partial charge in [0.2, 0.25) is 5.91 Å². The summed E-state index contributed by atoms with van der Waals surface area (Å²) < 4.78 is 10.5. The molecular formula is C23H24ClN3O5. The van der Waals surface area contributed by atoms with E-state index in [9.17, 15) is 14.4 Å². The molecule has 0 aromatic heterocycles. The minimum Gasteiger partial charge on any atom is -0.482 e. The summed E-state index contributed by atoms with van der Waals surface area (Å²) >= 11 is 6.19. The third kappa shape index (κ3) is 5.79. The number of nitrogens with one attached hydrogen (secondary N) is 3. The van der Waals surface area contributed by atoms with Crippen LogP contribution in [0.25, 0.3) is 0 Å². The van der Waals surface area contributed by atoms with Gasteiger partial charge in [-0.2, -0.15) is 0 Å². The molecule has 2 aromatic rings. The average Bonchev–Trinajstić information content (AvgIpc) is 2.77. The largest absolute Gasteiger partial charge is 0.482 e. The Morgan fingerprint density at radius 1 is 1.19 bits per heavy atom. The molecular weight excluding hydrogens is 434 g/mol. The van der Waals surface area contributed by atoms with Gasteiger partial charge in [0.1, 0.15) is 11.7 Å². The summed E-state index contributed by atoms with van der Waals surface area (Å²) in [4.78, 5) is 37.0. The number of carbonyl (C=O) groups is 3. The van der Waals surface area contributed by atoms with Crippen LogP contribution in [0.15, 0.2) is 60.8 Å². The monoisotopic (exact) mass is 457 g/mol. The summed E-state index contributed by atoms with van der Waals surface area (Å²) in [7, 11) is 0. The highest BCUT2D eigenvalue weighted by atomic mass is 35.5. The third-order valence-electron chi connectivity index (χ3n) is 4.82. The smallest absolute Gasteiger partial charge is 0.344 e. The standard InChI is InChI=1S/C23H24ClN3O5/c1-3-31-19(28)13-32-18-10-9-16(24)11-17(18)21-20(14(2)26-23(30)27-21)22(29)25-12-15-7-5-4-6-8-15/h4-11,20-21H,2-3,12-13H2,1H3,(H,25,29)(H2,26,27,30)/t20-,21+/m1/s1. The molecule has 0 aliphatic carbocycles. The first-order chi connectivity index (χ1) is 15.4. The number of esters is 1. The molecule has 0 bridgehead atoms. The van der Waals surface area contributed by atoms with Crippen LogP contribution >= 0.6 is 11.6 Å². The first-order valence-electron chi connectivity index (χ1n) is 10.0. The van der Waals surface area contributed by atoms with Crippen molar-refractivity contribution in [1.82, 2.24) is 16.0 Å². The topological polar surface area (TPSA) is 106 Å². The van der Waals surface area contributed by atoms with Crippen LogP contribution in [0.3, 0.4) is 0 Å². The maximum absolute atomic E-state index is 13.1. The molecule has 0 saturated carbocycles. The molecule has 8 nitrogen and oxygen atoms in total. The Morgan fingerprint density at radius 3 is 2.66 bits per heavy atom. The molecule has 168 valence electrons. The van der Waals surface area contributed by atoms with Gasteiger partial charge in [0.05, 0.1) is 12.6 Å². The van der Waals surface area contributed by atoms with Gasteiger partial charge in [-0.3, -0.25) is 4.79 Å². The minimum atomic E-state index is -0.847. The fourth-order valence-electron chi connectivity index (χ4n) is 3.38. The number of halogens is 1. The highest BCUT2D eigenvalue weighted by Crippen LogP contribution is 2.36. The van der Waals surface area contributed by atoms with E-state index >= 15 is 0 Å². The summed E-state index contributed by atoms with van der Waals surface area (Å²) in [6.45, 7) is 5.77. The van der Waals surface area contributed by atoms with Crippen LogP contribution in [0.2, 0.25) is 5.02 Å². The summed E-state index contributed by atoms with van der Waals surface area (Å²) in [5, 5.41) is 8.56. The molecule has 32 heavy (non-hydrogen) atoms. The van der Waals surface area contributed by atoms with Gasteiger partial charge in [-0.1, -0.05) is 48.5 Å².